The van der Waals surface area contributed by atoms with Gasteiger partial charge in [0.05, 0.1) is 18.3 Å². The summed E-state index contributed by atoms with van der Waals surface area (Å²) in [4.78, 5) is 0. The molecule has 2 N–H and O–H groups in total. The number of hydrogen-bond donors (Lipinski definition) is 1. The maximum absolute atomic E-state index is 6.15. The Morgan fingerprint density at radius 3 is 2.20 bits per heavy atom. The zero-order valence-corrected chi connectivity index (χ0v) is 15.6. The molecular weight excluding hydrogens is 313 g/mol. The summed E-state index contributed by atoms with van der Waals surface area (Å²) in [5, 5.41) is 2.19. The molecule has 0 radical (unpaired) electrons. The molecule has 2 aromatic rings. The normalized spacial score (nSPS) is 19.4. The second kappa shape index (κ2) is 6.48. The van der Waals surface area contributed by atoms with Crippen molar-refractivity contribution in [2.75, 3.05) is 13.7 Å². The summed E-state index contributed by atoms with van der Waals surface area (Å²) in [6, 6.07) is 12.2. The SMILES string of the molecule is COc1ccc(C=C(CN)B2OC(C)(C)C(C)(C)O2)c2ccccc12. The van der Waals surface area contributed by atoms with Gasteiger partial charge < -0.3 is 19.8 Å². The fraction of sp³-hybridized carbons (Fsp3) is 0.400. The standard InChI is InChI=1S/C20H26BNO3/c1-19(2)20(3,4)25-21(24-19)15(13-22)12-14-10-11-18(23-5)17-9-7-6-8-16(14)17/h6-12H,13,22H2,1-5H3. The van der Waals surface area contributed by atoms with Crippen molar-refractivity contribution < 1.29 is 14.0 Å². The maximum Gasteiger partial charge on any atom is 0.491 e. The van der Waals surface area contributed by atoms with Crippen LogP contribution in [-0.2, 0) is 9.31 Å². The average Bonchev–Trinajstić information content (AvgIpc) is 2.80. The summed E-state index contributed by atoms with van der Waals surface area (Å²) in [6.07, 6.45) is 2.07. The van der Waals surface area contributed by atoms with Gasteiger partial charge in [0.15, 0.2) is 0 Å². The van der Waals surface area contributed by atoms with Gasteiger partial charge in [-0.2, -0.15) is 0 Å². The predicted octanol–water partition coefficient (Wildman–Crippen LogP) is 3.82. The van der Waals surface area contributed by atoms with Crippen molar-refractivity contribution in [3.63, 3.8) is 0 Å². The minimum Gasteiger partial charge on any atom is -0.496 e. The molecule has 0 amide bonds. The Balaban J connectivity index is 2.03. The van der Waals surface area contributed by atoms with Crippen molar-refractivity contribution in [1.29, 1.82) is 0 Å². The minimum atomic E-state index is -0.434. The lowest BCUT2D eigenvalue weighted by Gasteiger charge is -2.32. The van der Waals surface area contributed by atoms with E-state index in [9.17, 15) is 0 Å². The molecule has 0 unspecified atom stereocenters. The van der Waals surface area contributed by atoms with E-state index in [0.717, 1.165) is 27.6 Å². The lowest BCUT2D eigenvalue weighted by Crippen LogP contribution is -2.41. The summed E-state index contributed by atoms with van der Waals surface area (Å²) in [7, 11) is 1.25. The van der Waals surface area contributed by atoms with Crippen LogP contribution >= 0.6 is 0 Å². The second-order valence-electron chi connectivity index (χ2n) is 7.41. The number of hydrogen-bond acceptors (Lipinski definition) is 4. The van der Waals surface area contributed by atoms with Crippen LogP contribution in [-0.4, -0.2) is 32.0 Å². The van der Waals surface area contributed by atoms with E-state index in [4.69, 9.17) is 19.8 Å². The van der Waals surface area contributed by atoms with Gasteiger partial charge in [-0.25, -0.2) is 0 Å². The Labute approximate surface area is 150 Å². The lowest BCUT2D eigenvalue weighted by atomic mass is 9.77. The second-order valence-corrected chi connectivity index (χ2v) is 7.41. The van der Waals surface area contributed by atoms with Gasteiger partial charge in [0, 0.05) is 11.9 Å². The van der Waals surface area contributed by atoms with Gasteiger partial charge in [0.1, 0.15) is 5.75 Å². The zero-order valence-electron chi connectivity index (χ0n) is 15.6. The van der Waals surface area contributed by atoms with E-state index in [-0.39, 0.29) is 11.2 Å². The van der Waals surface area contributed by atoms with E-state index in [1.165, 1.54) is 0 Å². The first-order chi connectivity index (χ1) is 11.8. The summed E-state index contributed by atoms with van der Waals surface area (Å²) in [5.41, 5.74) is 7.26. The third-order valence-corrected chi connectivity index (χ3v) is 5.27. The molecule has 2 aromatic carbocycles. The molecule has 0 aliphatic carbocycles. The van der Waals surface area contributed by atoms with Gasteiger partial charge in [-0.05, 0) is 50.2 Å². The smallest absolute Gasteiger partial charge is 0.491 e. The van der Waals surface area contributed by atoms with Crippen molar-refractivity contribution in [3.8, 4) is 5.75 Å². The first-order valence-electron chi connectivity index (χ1n) is 8.61. The van der Waals surface area contributed by atoms with Crippen molar-refractivity contribution in [2.45, 2.75) is 38.9 Å². The fourth-order valence-corrected chi connectivity index (χ4v) is 3.02. The highest BCUT2D eigenvalue weighted by Gasteiger charge is 2.52. The van der Waals surface area contributed by atoms with Crippen LogP contribution < -0.4 is 10.5 Å². The van der Waals surface area contributed by atoms with E-state index in [1.807, 2.05) is 52.0 Å². The molecule has 4 nitrogen and oxygen atoms in total. The number of nitrogens with two attached hydrogens (primary N) is 1. The molecule has 0 atom stereocenters. The molecule has 1 saturated heterocycles. The van der Waals surface area contributed by atoms with Crippen LogP contribution in [0.2, 0.25) is 0 Å². The van der Waals surface area contributed by atoms with E-state index < -0.39 is 7.12 Å². The molecule has 0 bridgehead atoms. The van der Waals surface area contributed by atoms with Crippen molar-refractivity contribution in [3.05, 3.63) is 47.4 Å². The number of benzene rings is 2. The van der Waals surface area contributed by atoms with Crippen LogP contribution in [0.4, 0.5) is 0 Å². The summed E-state index contributed by atoms with van der Waals surface area (Å²) >= 11 is 0. The molecule has 1 aliphatic heterocycles. The number of methoxy groups -OCH3 is 1. The van der Waals surface area contributed by atoms with Gasteiger partial charge in [-0.3, -0.25) is 0 Å². The highest BCUT2D eigenvalue weighted by atomic mass is 16.7. The van der Waals surface area contributed by atoms with Gasteiger partial charge in [0.25, 0.3) is 0 Å². The van der Waals surface area contributed by atoms with Crippen LogP contribution in [0.5, 0.6) is 5.75 Å². The van der Waals surface area contributed by atoms with E-state index in [1.54, 1.807) is 7.11 Å². The van der Waals surface area contributed by atoms with Gasteiger partial charge in [0.2, 0.25) is 0 Å². The Hall–Kier alpha value is -1.82. The Bertz CT molecular complexity index is 798. The van der Waals surface area contributed by atoms with Gasteiger partial charge in [-0.15, -0.1) is 0 Å². The highest BCUT2D eigenvalue weighted by molar-refractivity contribution is 6.56. The Morgan fingerprint density at radius 1 is 1.04 bits per heavy atom. The molecule has 0 saturated carbocycles. The van der Waals surface area contributed by atoms with Gasteiger partial charge in [-0.1, -0.05) is 36.4 Å². The van der Waals surface area contributed by atoms with Crippen LogP contribution in [0.25, 0.3) is 16.8 Å². The molecule has 5 heteroatoms. The third kappa shape index (κ3) is 3.20. The zero-order chi connectivity index (χ0) is 18.2. The molecule has 0 aromatic heterocycles. The molecule has 0 spiro atoms. The van der Waals surface area contributed by atoms with E-state index in [2.05, 4.69) is 18.2 Å². The first-order valence-corrected chi connectivity index (χ1v) is 8.61. The van der Waals surface area contributed by atoms with Crippen LogP contribution in [0, 0.1) is 0 Å². The first kappa shape index (κ1) is 18.0. The maximum atomic E-state index is 6.15. The molecule has 132 valence electrons. The molecule has 1 fully saturated rings. The largest absolute Gasteiger partial charge is 0.496 e. The highest BCUT2D eigenvalue weighted by Crippen LogP contribution is 2.39. The predicted molar refractivity (Wildman–Crippen MR) is 104 cm³/mol. The van der Waals surface area contributed by atoms with Crippen molar-refractivity contribution in [1.82, 2.24) is 0 Å². The average molecular weight is 339 g/mol. The Morgan fingerprint density at radius 2 is 1.64 bits per heavy atom. The lowest BCUT2D eigenvalue weighted by molar-refractivity contribution is 0.00578. The number of ether oxygens (including phenoxy) is 1. The summed E-state index contributed by atoms with van der Waals surface area (Å²) in [6.45, 7) is 8.55. The number of rotatable bonds is 4. The van der Waals surface area contributed by atoms with Crippen LogP contribution in [0.3, 0.4) is 0 Å². The summed E-state index contributed by atoms with van der Waals surface area (Å²) in [5.74, 6) is 0.859. The molecule has 1 aliphatic rings. The van der Waals surface area contributed by atoms with Crippen LogP contribution in [0.1, 0.15) is 33.3 Å². The molecular formula is C20H26BNO3. The quantitative estimate of drug-likeness (QED) is 0.861. The minimum absolute atomic E-state index is 0.372. The van der Waals surface area contributed by atoms with Gasteiger partial charge >= 0.3 is 7.12 Å². The van der Waals surface area contributed by atoms with Crippen molar-refractivity contribution >= 4 is 24.0 Å². The Kier molecular flexibility index (Phi) is 4.67. The van der Waals surface area contributed by atoms with Crippen LogP contribution in [0.15, 0.2) is 41.9 Å². The topological polar surface area (TPSA) is 53.7 Å². The third-order valence-electron chi connectivity index (χ3n) is 5.27. The molecule has 1 heterocycles. The fourth-order valence-electron chi connectivity index (χ4n) is 3.02. The van der Waals surface area contributed by atoms with E-state index >= 15 is 0 Å². The van der Waals surface area contributed by atoms with Crippen molar-refractivity contribution in [2.24, 2.45) is 5.73 Å². The molecule has 3 rings (SSSR count). The number of fused-ring (bicyclic) bond motifs is 1. The van der Waals surface area contributed by atoms with E-state index in [0.29, 0.717) is 6.54 Å². The summed E-state index contributed by atoms with van der Waals surface area (Å²) < 4.78 is 17.8. The monoisotopic (exact) mass is 339 g/mol. The molecule has 25 heavy (non-hydrogen) atoms.